The Balaban J connectivity index is 3.17. The van der Waals surface area contributed by atoms with E-state index in [1.807, 2.05) is 0 Å². The van der Waals surface area contributed by atoms with E-state index in [1.54, 1.807) is 0 Å². The van der Waals surface area contributed by atoms with Gasteiger partial charge in [0.1, 0.15) is 0 Å². The summed E-state index contributed by atoms with van der Waals surface area (Å²) in [4.78, 5) is 0. The number of hydrogen-bond acceptors (Lipinski definition) is 1. The number of unbranched alkanes of at least 4 members (excludes halogenated alkanes) is 12. The first kappa shape index (κ1) is 21.2. The summed E-state index contributed by atoms with van der Waals surface area (Å²) in [6, 6.07) is 0. The van der Waals surface area contributed by atoms with Gasteiger partial charge in [-0.3, -0.25) is 0 Å². The van der Waals surface area contributed by atoms with Gasteiger partial charge in [0.15, 0.2) is 0 Å². The van der Waals surface area contributed by atoms with Crippen LogP contribution in [0.4, 0.5) is 0 Å². The van der Waals surface area contributed by atoms with Crippen molar-refractivity contribution in [2.75, 3.05) is 18.5 Å². The molecule has 0 heterocycles. The molecule has 0 atom stereocenters. The van der Waals surface area contributed by atoms with Gasteiger partial charge in [0.25, 0.3) is 0 Å². The van der Waals surface area contributed by atoms with Crippen molar-refractivity contribution in [3.8, 4) is 0 Å². The standard InChI is InChI=1S/C19H41OP/c1-4-7-8-9-10-11-12-13-14-15-16-17-18-19-21(20,5-2)6-3/h4-19H2,1-3H3. The van der Waals surface area contributed by atoms with Gasteiger partial charge in [0.2, 0.25) is 0 Å². The monoisotopic (exact) mass is 316 g/mol. The average molecular weight is 317 g/mol. The van der Waals surface area contributed by atoms with Crippen LogP contribution in [0.2, 0.25) is 0 Å². The molecule has 0 amide bonds. The summed E-state index contributed by atoms with van der Waals surface area (Å²) in [5, 5.41) is 0. The Morgan fingerprint density at radius 2 is 0.857 bits per heavy atom. The summed E-state index contributed by atoms with van der Waals surface area (Å²) < 4.78 is 12.3. The highest BCUT2D eigenvalue weighted by Crippen LogP contribution is 2.45. The first-order valence-electron chi connectivity index (χ1n) is 9.75. The van der Waals surface area contributed by atoms with Crippen LogP contribution in [0, 0.1) is 0 Å². The predicted molar refractivity (Wildman–Crippen MR) is 99.3 cm³/mol. The molecule has 0 aliphatic carbocycles. The summed E-state index contributed by atoms with van der Waals surface area (Å²) >= 11 is 0. The Kier molecular flexibility index (Phi) is 15.3. The molecule has 0 saturated heterocycles. The lowest BCUT2D eigenvalue weighted by atomic mass is 10.1. The summed E-state index contributed by atoms with van der Waals surface area (Å²) in [6.45, 7) is 6.46. The number of hydrogen-bond donors (Lipinski definition) is 0. The molecule has 0 saturated carbocycles. The second-order valence-corrected chi connectivity index (χ2v) is 10.5. The maximum absolute atomic E-state index is 12.3. The van der Waals surface area contributed by atoms with Crippen LogP contribution in [0.3, 0.4) is 0 Å². The summed E-state index contributed by atoms with van der Waals surface area (Å²) in [7, 11) is -1.76. The molecule has 0 aromatic rings. The Bertz CT molecular complexity index is 242. The fourth-order valence-electron chi connectivity index (χ4n) is 2.96. The zero-order valence-electron chi connectivity index (χ0n) is 15.2. The fourth-order valence-corrected chi connectivity index (χ4v) is 4.84. The third-order valence-corrected chi connectivity index (χ3v) is 8.26. The van der Waals surface area contributed by atoms with Gasteiger partial charge >= 0.3 is 0 Å². The minimum absolute atomic E-state index is 0.905. The highest BCUT2D eigenvalue weighted by Gasteiger charge is 2.15. The molecular weight excluding hydrogens is 275 g/mol. The molecule has 0 aliphatic heterocycles. The molecule has 0 aromatic heterocycles. The molecule has 0 rings (SSSR count). The molecule has 0 fully saturated rings. The molecule has 0 spiro atoms. The van der Waals surface area contributed by atoms with E-state index in [4.69, 9.17) is 0 Å². The maximum atomic E-state index is 12.3. The summed E-state index contributed by atoms with van der Waals surface area (Å²) in [5.41, 5.74) is 0. The van der Waals surface area contributed by atoms with Gasteiger partial charge in [-0.15, -0.1) is 0 Å². The van der Waals surface area contributed by atoms with Gasteiger partial charge in [-0.05, 0) is 18.7 Å². The minimum Gasteiger partial charge on any atom is -0.324 e. The van der Waals surface area contributed by atoms with Crippen LogP contribution in [0.25, 0.3) is 0 Å². The van der Waals surface area contributed by atoms with Crippen molar-refractivity contribution in [1.82, 2.24) is 0 Å². The van der Waals surface area contributed by atoms with Crippen molar-refractivity contribution in [3.05, 3.63) is 0 Å². The maximum Gasteiger partial charge on any atom is 0.0872 e. The smallest absolute Gasteiger partial charge is 0.0872 e. The summed E-state index contributed by atoms with van der Waals surface area (Å²) in [5.74, 6) is 0. The second-order valence-electron chi connectivity index (χ2n) is 6.66. The van der Waals surface area contributed by atoms with Crippen LogP contribution in [0.1, 0.15) is 104 Å². The molecule has 128 valence electrons. The molecule has 0 unspecified atom stereocenters. The molecular formula is C19H41OP. The van der Waals surface area contributed by atoms with Gasteiger partial charge in [0, 0.05) is 6.16 Å². The van der Waals surface area contributed by atoms with E-state index in [-0.39, 0.29) is 0 Å². The van der Waals surface area contributed by atoms with E-state index in [0.29, 0.717) is 0 Å². The van der Waals surface area contributed by atoms with Crippen molar-refractivity contribution in [2.24, 2.45) is 0 Å². The van der Waals surface area contributed by atoms with E-state index in [0.717, 1.165) is 18.5 Å². The zero-order chi connectivity index (χ0) is 15.8. The topological polar surface area (TPSA) is 17.1 Å². The van der Waals surface area contributed by atoms with Gasteiger partial charge in [0.05, 0.1) is 7.14 Å². The van der Waals surface area contributed by atoms with E-state index in [9.17, 15) is 4.57 Å². The molecule has 1 nitrogen and oxygen atoms in total. The van der Waals surface area contributed by atoms with Gasteiger partial charge in [-0.25, -0.2) is 0 Å². The summed E-state index contributed by atoms with van der Waals surface area (Å²) in [6.07, 6.45) is 20.9. The van der Waals surface area contributed by atoms with Gasteiger partial charge in [-0.2, -0.15) is 0 Å². The predicted octanol–water partition coefficient (Wildman–Crippen LogP) is 7.48. The average Bonchev–Trinajstić information content (AvgIpc) is 2.51. The Labute approximate surface area is 135 Å². The lowest BCUT2D eigenvalue weighted by Gasteiger charge is -2.13. The third-order valence-electron chi connectivity index (χ3n) is 4.82. The Morgan fingerprint density at radius 1 is 0.524 bits per heavy atom. The molecule has 0 aliphatic rings. The zero-order valence-corrected chi connectivity index (χ0v) is 16.1. The molecule has 21 heavy (non-hydrogen) atoms. The highest BCUT2D eigenvalue weighted by atomic mass is 31.2. The quantitative estimate of drug-likeness (QED) is 0.213. The van der Waals surface area contributed by atoms with Crippen LogP contribution in [0.5, 0.6) is 0 Å². The molecule has 0 radical (unpaired) electrons. The lowest BCUT2D eigenvalue weighted by molar-refractivity contribution is 0.540. The first-order chi connectivity index (χ1) is 10.2. The third kappa shape index (κ3) is 13.6. The van der Waals surface area contributed by atoms with E-state index >= 15 is 0 Å². The normalized spacial score (nSPS) is 12.0. The first-order valence-corrected chi connectivity index (χ1v) is 12.0. The minimum atomic E-state index is -1.76. The SMILES string of the molecule is CCCCCCCCCCCCCCCP(=O)(CC)CC. The van der Waals surface area contributed by atoms with E-state index in [2.05, 4.69) is 20.8 Å². The second kappa shape index (κ2) is 15.1. The molecule has 0 bridgehead atoms. The Hall–Kier alpha value is 0.230. The van der Waals surface area contributed by atoms with Crippen LogP contribution in [0.15, 0.2) is 0 Å². The lowest BCUT2D eigenvalue weighted by Crippen LogP contribution is -1.95. The number of rotatable bonds is 16. The van der Waals surface area contributed by atoms with Crippen molar-refractivity contribution in [2.45, 2.75) is 104 Å². The van der Waals surface area contributed by atoms with Crippen molar-refractivity contribution >= 4 is 7.14 Å². The van der Waals surface area contributed by atoms with Crippen molar-refractivity contribution in [1.29, 1.82) is 0 Å². The largest absolute Gasteiger partial charge is 0.324 e. The molecule has 0 N–H and O–H groups in total. The van der Waals surface area contributed by atoms with E-state index in [1.165, 1.54) is 83.5 Å². The van der Waals surface area contributed by atoms with Crippen LogP contribution in [-0.2, 0) is 4.57 Å². The van der Waals surface area contributed by atoms with Crippen LogP contribution in [-0.4, -0.2) is 18.5 Å². The fraction of sp³-hybridized carbons (Fsp3) is 1.00. The van der Waals surface area contributed by atoms with Crippen molar-refractivity contribution < 1.29 is 4.57 Å². The Morgan fingerprint density at radius 3 is 1.19 bits per heavy atom. The van der Waals surface area contributed by atoms with Crippen molar-refractivity contribution in [3.63, 3.8) is 0 Å². The van der Waals surface area contributed by atoms with Gasteiger partial charge in [-0.1, -0.05) is 97.8 Å². The van der Waals surface area contributed by atoms with Crippen LogP contribution >= 0.6 is 7.14 Å². The van der Waals surface area contributed by atoms with E-state index < -0.39 is 7.14 Å². The molecule has 0 aromatic carbocycles. The highest BCUT2D eigenvalue weighted by molar-refractivity contribution is 7.63. The van der Waals surface area contributed by atoms with Crippen LogP contribution < -0.4 is 0 Å². The van der Waals surface area contributed by atoms with Gasteiger partial charge < -0.3 is 4.57 Å². The molecule has 2 heteroatoms.